The second kappa shape index (κ2) is 6.28. The number of benzene rings is 1. The van der Waals surface area contributed by atoms with Gasteiger partial charge in [0, 0.05) is 11.6 Å². The van der Waals surface area contributed by atoms with Gasteiger partial charge in [0.15, 0.2) is 0 Å². The molecule has 0 radical (unpaired) electrons. The molecule has 0 bridgehead atoms. The number of hydrogen-bond acceptors (Lipinski definition) is 2. The highest BCUT2D eigenvalue weighted by molar-refractivity contribution is 5.31. The van der Waals surface area contributed by atoms with Crippen LogP contribution in [-0.2, 0) is 6.42 Å². The fraction of sp³-hybridized carbons (Fsp3) is 0.667. The fourth-order valence-corrected chi connectivity index (χ4v) is 3.76. The highest BCUT2D eigenvalue weighted by Gasteiger charge is 2.39. The number of rotatable bonds is 4. The minimum absolute atomic E-state index is 0.189. The molecule has 1 aliphatic rings. The molecule has 1 saturated carbocycles. The summed E-state index contributed by atoms with van der Waals surface area (Å²) in [5, 5.41) is 0. The van der Waals surface area contributed by atoms with Crippen molar-refractivity contribution in [3.8, 4) is 0 Å². The molecule has 0 aliphatic heterocycles. The first kappa shape index (κ1) is 15.5. The minimum Gasteiger partial charge on any atom is -0.326 e. The third-order valence-electron chi connectivity index (χ3n) is 5.24. The normalized spacial score (nSPS) is 20.1. The van der Waals surface area contributed by atoms with Gasteiger partial charge in [-0.2, -0.15) is 0 Å². The first-order valence-corrected chi connectivity index (χ1v) is 7.95. The Labute approximate surface area is 124 Å². The van der Waals surface area contributed by atoms with Crippen LogP contribution >= 0.6 is 0 Å². The van der Waals surface area contributed by atoms with Crippen molar-refractivity contribution in [1.29, 1.82) is 0 Å². The standard InChI is InChI=1S/C18H30N2/c1-14-8-9-15(2)16(12-14)13-17(19)18(20(3)4)10-6-5-7-11-18/h8-9,12,17H,5-7,10-11,13,19H2,1-4H3. The third-order valence-corrected chi connectivity index (χ3v) is 5.24. The van der Waals surface area contributed by atoms with Gasteiger partial charge in [0.1, 0.15) is 0 Å². The van der Waals surface area contributed by atoms with Gasteiger partial charge in [0.2, 0.25) is 0 Å². The summed E-state index contributed by atoms with van der Waals surface area (Å²) in [5.74, 6) is 0. The summed E-state index contributed by atoms with van der Waals surface area (Å²) in [6, 6.07) is 6.94. The van der Waals surface area contributed by atoms with E-state index in [1.807, 2.05) is 0 Å². The number of hydrogen-bond donors (Lipinski definition) is 1. The number of nitrogens with two attached hydrogens (primary N) is 1. The van der Waals surface area contributed by atoms with E-state index in [0.717, 1.165) is 6.42 Å². The predicted octanol–water partition coefficient (Wildman–Crippen LogP) is 3.44. The van der Waals surface area contributed by atoms with Crippen LogP contribution in [0.4, 0.5) is 0 Å². The van der Waals surface area contributed by atoms with E-state index in [2.05, 4.69) is 51.0 Å². The Morgan fingerprint density at radius 1 is 1.15 bits per heavy atom. The molecule has 0 aromatic heterocycles. The number of likely N-dealkylation sites (N-methyl/N-ethyl adjacent to an activating group) is 1. The quantitative estimate of drug-likeness (QED) is 0.911. The van der Waals surface area contributed by atoms with E-state index in [1.54, 1.807) is 0 Å². The van der Waals surface area contributed by atoms with E-state index in [1.165, 1.54) is 48.8 Å². The van der Waals surface area contributed by atoms with E-state index >= 15 is 0 Å². The van der Waals surface area contributed by atoms with Crippen molar-refractivity contribution in [2.24, 2.45) is 5.73 Å². The molecule has 0 spiro atoms. The molecule has 0 saturated heterocycles. The molecule has 2 nitrogen and oxygen atoms in total. The molecule has 1 aliphatic carbocycles. The molecular formula is C18H30N2. The van der Waals surface area contributed by atoms with Crippen molar-refractivity contribution >= 4 is 0 Å². The molecule has 1 aromatic rings. The van der Waals surface area contributed by atoms with Gasteiger partial charge < -0.3 is 10.6 Å². The van der Waals surface area contributed by atoms with E-state index in [9.17, 15) is 0 Å². The molecule has 20 heavy (non-hydrogen) atoms. The van der Waals surface area contributed by atoms with Crippen molar-refractivity contribution in [1.82, 2.24) is 4.90 Å². The molecule has 0 heterocycles. The Balaban J connectivity index is 2.20. The fourth-order valence-electron chi connectivity index (χ4n) is 3.76. The van der Waals surface area contributed by atoms with Gasteiger partial charge in [-0.05, 0) is 58.3 Å². The van der Waals surface area contributed by atoms with Gasteiger partial charge in [-0.15, -0.1) is 0 Å². The average Bonchev–Trinajstić information content (AvgIpc) is 2.43. The lowest BCUT2D eigenvalue weighted by Crippen LogP contribution is -2.59. The Kier molecular flexibility index (Phi) is 4.87. The zero-order valence-corrected chi connectivity index (χ0v) is 13.6. The van der Waals surface area contributed by atoms with Crippen LogP contribution in [0.1, 0.15) is 48.8 Å². The smallest absolute Gasteiger partial charge is 0.0357 e. The topological polar surface area (TPSA) is 29.3 Å². The molecule has 1 fully saturated rings. The summed E-state index contributed by atoms with van der Waals surface area (Å²) in [5.41, 5.74) is 11.0. The van der Waals surface area contributed by atoms with Crippen LogP contribution < -0.4 is 5.73 Å². The Hall–Kier alpha value is -0.860. The van der Waals surface area contributed by atoms with Crippen molar-refractivity contribution in [3.05, 3.63) is 34.9 Å². The van der Waals surface area contributed by atoms with Crippen LogP contribution in [0, 0.1) is 13.8 Å². The molecule has 1 unspecified atom stereocenters. The molecular weight excluding hydrogens is 244 g/mol. The second-order valence-corrected chi connectivity index (χ2v) is 6.80. The van der Waals surface area contributed by atoms with Crippen LogP contribution in [-0.4, -0.2) is 30.6 Å². The second-order valence-electron chi connectivity index (χ2n) is 6.80. The summed E-state index contributed by atoms with van der Waals surface area (Å²) in [6.07, 6.45) is 7.48. The van der Waals surface area contributed by atoms with Gasteiger partial charge in [-0.25, -0.2) is 0 Å². The third kappa shape index (κ3) is 3.07. The van der Waals surface area contributed by atoms with Gasteiger partial charge in [-0.3, -0.25) is 0 Å². The van der Waals surface area contributed by atoms with E-state index < -0.39 is 0 Å². The predicted molar refractivity (Wildman–Crippen MR) is 87.1 cm³/mol. The number of nitrogens with zero attached hydrogens (tertiary/aromatic N) is 1. The molecule has 112 valence electrons. The highest BCUT2D eigenvalue weighted by atomic mass is 15.2. The molecule has 1 atom stereocenters. The van der Waals surface area contributed by atoms with Crippen molar-refractivity contribution < 1.29 is 0 Å². The van der Waals surface area contributed by atoms with Crippen molar-refractivity contribution in [2.45, 2.75) is 64.0 Å². The first-order valence-electron chi connectivity index (χ1n) is 7.95. The zero-order chi connectivity index (χ0) is 14.8. The zero-order valence-electron chi connectivity index (χ0n) is 13.6. The largest absolute Gasteiger partial charge is 0.326 e. The van der Waals surface area contributed by atoms with Gasteiger partial charge in [-0.1, -0.05) is 43.0 Å². The Bertz CT molecular complexity index is 445. The highest BCUT2D eigenvalue weighted by Crippen LogP contribution is 2.35. The SMILES string of the molecule is Cc1ccc(C)c(CC(N)C2(N(C)C)CCCCC2)c1. The van der Waals surface area contributed by atoms with Crippen LogP contribution in [0.3, 0.4) is 0 Å². The van der Waals surface area contributed by atoms with Gasteiger partial charge in [0.25, 0.3) is 0 Å². The monoisotopic (exact) mass is 274 g/mol. The average molecular weight is 274 g/mol. The summed E-state index contributed by atoms with van der Waals surface area (Å²) >= 11 is 0. The molecule has 2 rings (SSSR count). The summed E-state index contributed by atoms with van der Waals surface area (Å²) in [6.45, 7) is 4.36. The molecule has 0 amide bonds. The van der Waals surface area contributed by atoms with Gasteiger partial charge >= 0.3 is 0 Å². The van der Waals surface area contributed by atoms with Crippen LogP contribution in [0.5, 0.6) is 0 Å². The maximum absolute atomic E-state index is 6.69. The van der Waals surface area contributed by atoms with Crippen molar-refractivity contribution in [2.75, 3.05) is 14.1 Å². The minimum atomic E-state index is 0.189. The van der Waals surface area contributed by atoms with E-state index in [-0.39, 0.29) is 11.6 Å². The lowest BCUT2D eigenvalue weighted by atomic mass is 9.73. The maximum atomic E-state index is 6.69. The summed E-state index contributed by atoms with van der Waals surface area (Å²) in [4.78, 5) is 2.39. The summed E-state index contributed by atoms with van der Waals surface area (Å²) < 4.78 is 0. The van der Waals surface area contributed by atoms with E-state index in [0.29, 0.717) is 0 Å². The first-order chi connectivity index (χ1) is 9.45. The molecule has 2 N–H and O–H groups in total. The van der Waals surface area contributed by atoms with E-state index in [4.69, 9.17) is 5.73 Å². The maximum Gasteiger partial charge on any atom is 0.0357 e. The Morgan fingerprint density at radius 2 is 1.80 bits per heavy atom. The van der Waals surface area contributed by atoms with Crippen LogP contribution in [0.15, 0.2) is 18.2 Å². The molecule has 2 heteroatoms. The molecule has 1 aromatic carbocycles. The van der Waals surface area contributed by atoms with Gasteiger partial charge in [0.05, 0.1) is 0 Å². The van der Waals surface area contributed by atoms with Crippen LogP contribution in [0.2, 0.25) is 0 Å². The lowest BCUT2D eigenvalue weighted by molar-refractivity contribution is 0.0715. The van der Waals surface area contributed by atoms with Crippen LogP contribution in [0.25, 0.3) is 0 Å². The lowest BCUT2D eigenvalue weighted by Gasteiger charge is -2.47. The summed E-state index contributed by atoms with van der Waals surface area (Å²) in [7, 11) is 4.41. The van der Waals surface area contributed by atoms with Crippen molar-refractivity contribution in [3.63, 3.8) is 0 Å². The number of aryl methyl sites for hydroxylation is 2. The Morgan fingerprint density at radius 3 is 2.40 bits per heavy atom.